The molecule has 1 saturated heterocycles. The number of likely N-dealkylation sites (N-methyl/N-ethyl adjacent to an activating group) is 1. The quantitative estimate of drug-likeness (QED) is 0.746. The minimum absolute atomic E-state index is 0.282. The van der Waals surface area contributed by atoms with Gasteiger partial charge in [-0.2, -0.15) is 0 Å². The SMILES string of the molecule is CN(C(=O)CC1=C=CSC1)[C@H]1CCCC[C@H]1N1CCCC1. The summed E-state index contributed by atoms with van der Waals surface area (Å²) in [6.07, 6.45) is 8.25. The van der Waals surface area contributed by atoms with Gasteiger partial charge in [-0.1, -0.05) is 12.8 Å². The molecule has 0 unspecified atom stereocenters. The summed E-state index contributed by atoms with van der Waals surface area (Å²) in [6.45, 7) is 2.46. The van der Waals surface area contributed by atoms with Gasteiger partial charge in [0.1, 0.15) is 0 Å². The second kappa shape index (κ2) is 7.04. The zero-order valence-corrected chi connectivity index (χ0v) is 13.8. The number of carbonyl (C=O) groups is 1. The summed E-state index contributed by atoms with van der Waals surface area (Å²) in [5, 5.41) is 1.98. The molecule has 0 aromatic carbocycles. The normalized spacial score (nSPS) is 29.7. The fourth-order valence-corrected chi connectivity index (χ4v) is 4.67. The molecule has 1 saturated carbocycles. The van der Waals surface area contributed by atoms with Gasteiger partial charge < -0.3 is 4.90 Å². The fourth-order valence-electron chi connectivity index (χ4n) is 3.95. The molecule has 2 atom stereocenters. The van der Waals surface area contributed by atoms with Crippen LogP contribution in [0.15, 0.2) is 16.7 Å². The monoisotopic (exact) mass is 306 g/mol. The number of carbonyl (C=O) groups excluding carboxylic acids is 1. The fraction of sp³-hybridized carbons (Fsp3) is 0.765. The van der Waals surface area contributed by atoms with Crippen LogP contribution in [0.2, 0.25) is 0 Å². The Balaban J connectivity index is 1.63. The summed E-state index contributed by atoms with van der Waals surface area (Å²) in [5.74, 6) is 1.23. The molecule has 3 nitrogen and oxygen atoms in total. The van der Waals surface area contributed by atoms with Gasteiger partial charge in [-0.05, 0) is 44.3 Å². The predicted molar refractivity (Wildman–Crippen MR) is 88.3 cm³/mol. The molecule has 3 rings (SSSR count). The molecule has 3 aliphatic rings. The van der Waals surface area contributed by atoms with Crippen molar-refractivity contribution in [3.63, 3.8) is 0 Å². The molecule has 2 fully saturated rings. The average Bonchev–Trinajstić information content (AvgIpc) is 3.19. The van der Waals surface area contributed by atoms with Crippen molar-refractivity contribution in [2.75, 3.05) is 25.9 Å². The summed E-state index contributed by atoms with van der Waals surface area (Å²) in [6, 6.07) is 1.01. The number of amides is 1. The average molecular weight is 306 g/mol. The molecule has 0 radical (unpaired) electrons. The van der Waals surface area contributed by atoms with Gasteiger partial charge in [0.25, 0.3) is 0 Å². The van der Waals surface area contributed by atoms with Gasteiger partial charge in [0, 0.05) is 30.3 Å². The van der Waals surface area contributed by atoms with Crippen LogP contribution in [0.4, 0.5) is 0 Å². The standard InChI is InChI=1S/C17H26N2OS/c1-18(17(20)12-14-8-11-21-13-14)15-6-2-3-7-16(15)19-9-4-5-10-19/h11,15-16H,2-7,9-10,12-13H2,1H3/t15-,16+/m0/s1. The van der Waals surface area contributed by atoms with Crippen molar-refractivity contribution in [1.82, 2.24) is 9.80 Å². The van der Waals surface area contributed by atoms with E-state index in [4.69, 9.17) is 0 Å². The zero-order valence-electron chi connectivity index (χ0n) is 13.0. The van der Waals surface area contributed by atoms with E-state index in [0.717, 1.165) is 11.3 Å². The van der Waals surface area contributed by atoms with Crippen LogP contribution in [0.1, 0.15) is 44.9 Å². The van der Waals surface area contributed by atoms with Crippen molar-refractivity contribution in [1.29, 1.82) is 0 Å². The van der Waals surface area contributed by atoms with Gasteiger partial charge in [0.2, 0.25) is 5.91 Å². The van der Waals surface area contributed by atoms with E-state index in [1.165, 1.54) is 51.6 Å². The summed E-state index contributed by atoms with van der Waals surface area (Å²) in [7, 11) is 2.02. The molecule has 116 valence electrons. The van der Waals surface area contributed by atoms with Crippen molar-refractivity contribution < 1.29 is 4.79 Å². The number of likely N-dealkylation sites (tertiary alicyclic amines) is 1. The third kappa shape index (κ3) is 3.56. The Morgan fingerprint density at radius 2 is 2.10 bits per heavy atom. The van der Waals surface area contributed by atoms with Gasteiger partial charge in [0.15, 0.2) is 0 Å². The van der Waals surface area contributed by atoms with Crippen LogP contribution < -0.4 is 0 Å². The molecule has 1 amide bonds. The lowest BCUT2D eigenvalue weighted by Crippen LogP contribution is -2.53. The van der Waals surface area contributed by atoms with Crippen molar-refractivity contribution in [3.05, 3.63) is 16.7 Å². The highest BCUT2D eigenvalue weighted by atomic mass is 32.2. The van der Waals surface area contributed by atoms with Gasteiger partial charge in [-0.15, -0.1) is 17.5 Å². The minimum atomic E-state index is 0.282. The molecule has 0 bridgehead atoms. The van der Waals surface area contributed by atoms with Crippen molar-refractivity contribution in [2.24, 2.45) is 0 Å². The van der Waals surface area contributed by atoms with E-state index in [1.54, 1.807) is 11.8 Å². The maximum Gasteiger partial charge on any atom is 0.227 e. The van der Waals surface area contributed by atoms with E-state index in [2.05, 4.69) is 15.5 Å². The number of thioether (sulfide) groups is 1. The van der Waals surface area contributed by atoms with E-state index >= 15 is 0 Å². The van der Waals surface area contributed by atoms with Gasteiger partial charge in [-0.3, -0.25) is 9.69 Å². The van der Waals surface area contributed by atoms with Crippen LogP contribution in [0.25, 0.3) is 0 Å². The topological polar surface area (TPSA) is 23.6 Å². The number of hydrogen-bond acceptors (Lipinski definition) is 3. The number of nitrogens with zero attached hydrogens (tertiary/aromatic N) is 2. The largest absolute Gasteiger partial charge is 0.341 e. The summed E-state index contributed by atoms with van der Waals surface area (Å²) >= 11 is 1.74. The highest BCUT2D eigenvalue weighted by molar-refractivity contribution is 8.02. The van der Waals surface area contributed by atoms with Crippen LogP contribution in [0, 0.1) is 0 Å². The Labute approximate surface area is 132 Å². The molecule has 0 N–H and O–H groups in total. The molecular weight excluding hydrogens is 280 g/mol. The Morgan fingerprint density at radius 1 is 1.33 bits per heavy atom. The molecule has 0 spiro atoms. The summed E-state index contributed by atoms with van der Waals surface area (Å²) in [4.78, 5) is 17.3. The first-order valence-electron chi connectivity index (χ1n) is 8.30. The zero-order chi connectivity index (χ0) is 14.7. The van der Waals surface area contributed by atoms with Crippen LogP contribution >= 0.6 is 11.8 Å². The first-order chi connectivity index (χ1) is 10.3. The molecule has 0 aromatic heterocycles. The van der Waals surface area contributed by atoms with Crippen LogP contribution in [-0.4, -0.2) is 53.7 Å². The maximum atomic E-state index is 12.6. The molecule has 2 aliphatic heterocycles. The molecule has 0 aromatic rings. The van der Waals surface area contributed by atoms with E-state index in [-0.39, 0.29) is 5.91 Å². The van der Waals surface area contributed by atoms with Gasteiger partial charge in [-0.25, -0.2) is 0 Å². The van der Waals surface area contributed by atoms with E-state index < -0.39 is 0 Å². The van der Waals surface area contributed by atoms with E-state index in [0.29, 0.717) is 18.5 Å². The highest BCUT2D eigenvalue weighted by Gasteiger charge is 2.35. The highest BCUT2D eigenvalue weighted by Crippen LogP contribution is 2.30. The Bertz CT molecular complexity index is 450. The molecule has 21 heavy (non-hydrogen) atoms. The lowest BCUT2D eigenvalue weighted by Gasteiger charge is -2.42. The molecule has 2 heterocycles. The predicted octanol–water partition coefficient (Wildman–Crippen LogP) is 3.03. The molecule has 1 aliphatic carbocycles. The van der Waals surface area contributed by atoms with Gasteiger partial charge in [0.05, 0.1) is 6.42 Å². The van der Waals surface area contributed by atoms with Gasteiger partial charge >= 0.3 is 0 Å². The van der Waals surface area contributed by atoms with Crippen molar-refractivity contribution in [3.8, 4) is 0 Å². The smallest absolute Gasteiger partial charge is 0.227 e. The Morgan fingerprint density at radius 3 is 2.81 bits per heavy atom. The number of rotatable bonds is 4. The first-order valence-corrected chi connectivity index (χ1v) is 9.35. The van der Waals surface area contributed by atoms with Crippen molar-refractivity contribution in [2.45, 2.75) is 57.0 Å². The third-order valence-corrected chi connectivity index (χ3v) is 5.96. The van der Waals surface area contributed by atoms with Crippen LogP contribution in [0.5, 0.6) is 0 Å². The number of hydrogen-bond donors (Lipinski definition) is 0. The Kier molecular flexibility index (Phi) is 5.10. The lowest BCUT2D eigenvalue weighted by molar-refractivity contribution is -0.133. The maximum absolute atomic E-state index is 12.6. The molecular formula is C17H26N2OS. The second-order valence-corrected chi connectivity index (χ2v) is 7.38. The lowest BCUT2D eigenvalue weighted by atomic mass is 9.88. The summed E-state index contributed by atoms with van der Waals surface area (Å²) < 4.78 is 0. The first kappa shape index (κ1) is 15.2. The summed E-state index contributed by atoms with van der Waals surface area (Å²) in [5.41, 5.74) is 4.37. The Hall–Kier alpha value is -0.700. The van der Waals surface area contributed by atoms with E-state index in [1.807, 2.05) is 12.5 Å². The minimum Gasteiger partial charge on any atom is -0.341 e. The van der Waals surface area contributed by atoms with Crippen LogP contribution in [0.3, 0.4) is 0 Å². The third-order valence-electron chi connectivity index (χ3n) is 5.16. The molecule has 4 heteroatoms. The van der Waals surface area contributed by atoms with Crippen LogP contribution in [-0.2, 0) is 4.79 Å². The van der Waals surface area contributed by atoms with Crippen molar-refractivity contribution >= 4 is 17.7 Å². The second-order valence-electron chi connectivity index (χ2n) is 6.52. The van der Waals surface area contributed by atoms with E-state index in [9.17, 15) is 4.79 Å².